The van der Waals surface area contributed by atoms with Crippen LogP contribution < -0.4 is 10.6 Å². The van der Waals surface area contributed by atoms with Crippen molar-refractivity contribution in [2.24, 2.45) is 0 Å². The molecule has 0 unspecified atom stereocenters. The molecule has 2 aromatic rings. The number of carbonyl (C=O) groups is 2. The summed E-state index contributed by atoms with van der Waals surface area (Å²) in [6.45, 7) is 0.371. The molecule has 0 spiro atoms. The van der Waals surface area contributed by atoms with Crippen LogP contribution in [-0.2, 0) is 16.1 Å². The van der Waals surface area contributed by atoms with Gasteiger partial charge in [0.1, 0.15) is 0 Å². The van der Waals surface area contributed by atoms with Gasteiger partial charge in [0.25, 0.3) is 0 Å². The van der Waals surface area contributed by atoms with Crippen molar-refractivity contribution in [3.8, 4) is 0 Å². The second-order valence-corrected chi connectivity index (χ2v) is 6.75. The third kappa shape index (κ3) is 6.43. The van der Waals surface area contributed by atoms with Crippen molar-refractivity contribution < 1.29 is 9.59 Å². The summed E-state index contributed by atoms with van der Waals surface area (Å²) >= 11 is 13.1. The van der Waals surface area contributed by atoms with Crippen molar-refractivity contribution in [1.29, 1.82) is 0 Å². The van der Waals surface area contributed by atoms with Crippen LogP contribution in [-0.4, -0.2) is 23.3 Å². The summed E-state index contributed by atoms with van der Waals surface area (Å²) in [5, 5.41) is 6.75. The number of nitrogens with one attached hydrogen (secondary N) is 2. The molecular formula is C17H16Cl2N2O2S. The molecule has 7 heteroatoms. The highest BCUT2D eigenvalue weighted by Crippen LogP contribution is 2.15. The smallest absolute Gasteiger partial charge is 0.234 e. The van der Waals surface area contributed by atoms with Crippen LogP contribution in [0, 0.1) is 0 Å². The molecule has 0 fully saturated rings. The monoisotopic (exact) mass is 382 g/mol. The minimum absolute atomic E-state index is 0.140. The van der Waals surface area contributed by atoms with Gasteiger partial charge in [0, 0.05) is 22.3 Å². The summed E-state index contributed by atoms with van der Waals surface area (Å²) < 4.78 is 0. The van der Waals surface area contributed by atoms with Gasteiger partial charge in [-0.2, -0.15) is 0 Å². The fourth-order valence-electron chi connectivity index (χ4n) is 1.85. The zero-order chi connectivity index (χ0) is 17.4. The van der Waals surface area contributed by atoms with Crippen LogP contribution in [0.4, 0.5) is 5.69 Å². The standard InChI is InChI=1S/C17H16Cl2N2O2S/c18-13-5-7-14(8-6-13)21-17(23)11-24-10-16(22)20-9-12-3-1-2-4-15(12)19/h1-8H,9-11H2,(H,20,22)(H,21,23). The summed E-state index contributed by atoms with van der Waals surface area (Å²) in [4.78, 5) is 23.6. The molecule has 0 radical (unpaired) electrons. The van der Waals surface area contributed by atoms with Crippen molar-refractivity contribution in [1.82, 2.24) is 5.32 Å². The van der Waals surface area contributed by atoms with Gasteiger partial charge in [-0.3, -0.25) is 9.59 Å². The van der Waals surface area contributed by atoms with Gasteiger partial charge in [-0.05, 0) is 35.9 Å². The molecule has 0 bridgehead atoms. The van der Waals surface area contributed by atoms with Gasteiger partial charge >= 0.3 is 0 Å². The molecule has 24 heavy (non-hydrogen) atoms. The molecule has 2 amide bonds. The van der Waals surface area contributed by atoms with Crippen LogP contribution in [0.3, 0.4) is 0 Å². The van der Waals surface area contributed by atoms with E-state index in [1.807, 2.05) is 18.2 Å². The number of anilines is 1. The normalized spacial score (nSPS) is 10.2. The van der Waals surface area contributed by atoms with Gasteiger partial charge in [-0.15, -0.1) is 11.8 Å². The second-order valence-electron chi connectivity index (χ2n) is 4.92. The Labute approximate surface area is 154 Å². The van der Waals surface area contributed by atoms with Crippen LogP contribution in [0.5, 0.6) is 0 Å². The number of halogens is 2. The molecule has 0 aromatic heterocycles. The van der Waals surface area contributed by atoms with Gasteiger partial charge in [-0.1, -0.05) is 41.4 Å². The summed E-state index contributed by atoms with van der Waals surface area (Å²) in [7, 11) is 0. The fraction of sp³-hybridized carbons (Fsp3) is 0.176. The van der Waals surface area contributed by atoms with E-state index in [0.29, 0.717) is 22.3 Å². The number of benzene rings is 2. The predicted octanol–water partition coefficient (Wildman–Crippen LogP) is 3.98. The van der Waals surface area contributed by atoms with Gasteiger partial charge in [0.2, 0.25) is 11.8 Å². The van der Waals surface area contributed by atoms with E-state index in [4.69, 9.17) is 23.2 Å². The summed E-state index contributed by atoms with van der Waals surface area (Å²) in [6.07, 6.45) is 0. The quantitative estimate of drug-likeness (QED) is 0.761. The molecule has 0 aliphatic rings. The Hall–Kier alpha value is -1.69. The molecule has 0 atom stereocenters. The largest absolute Gasteiger partial charge is 0.351 e. The SMILES string of the molecule is O=C(CSCC(=O)Nc1ccc(Cl)cc1)NCc1ccccc1Cl. The highest BCUT2D eigenvalue weighted by Gasteiger charge is 2.07. The van der Waals surface area contributed by atoms with Crippen LogP contribution in [0.15, 0.2) is 48.5 Å². The third-order valence-corrected chi connectivity index (χ3v) is 4.58. The van der Waals surface area contributed by atoms with Gasteiger partial charge < -0.3 is 10.6 Å². The molecule has 2 N–H and O–H groups in total. The zero-order valence-corrected chi connectivity index (χ0v) is 15.0. The summed E-state index contributed by atoms with van der Waals surface area (Å²) in [5.74, 6) is 0.0983. The molecule has 4 nitrogen and oxygen atoms in total. The maximum absolute atomic E-state index is 11.8. The molecule has 0 aliphatic heterocycles. The molecule has 0 aliphatic carbocycles. The van der Waals surface area contributed by atoms with E-state index in [1.165, 1.54) is 11.8 Å². The van der Waals surface area contributed by atoms with Crippen LogP contribution in [0.2, 0.25) is 10.0 Å². The number of carbonyl (C=O) groups excluding carboxylic acids is 2. The minimum Gasteiger partial charge on any atom is -0.351 e. The molecule has 126 valence electrons. The average molecular weight is 383 g/mol. The highest BCUT2D eigenvalue weighted by atomic mass is 35.5. The van der Waals surface area contributed by atoms with Crippen molar-refractivity contribution in [2.75, 3.05) is 16.8 Å². The van der Waals surface area contributed by atoms with Gasteiger partial charge in [0.15, 0.2) is 0 Å². The lowest BCUT2D eigenvalue weighted by Gasteiger charge is -2.07. The van der Waals surface area contributed by atoms with Gasteiger partial charge in [-0.25, -0.2) is 0 Å². The summed E-state index contributed by atoms with van der Waals surface area (Å²) in [6, 6.07) is 14.2. The lowest BCUT2D eigenvalue weighted by molar-refractivity contribution is -0.118. The maximum Gasteiger partial charge on any atom is 0.234 e. The molecule has 0 saturated carbocycles. The van der Waals surface area contributed by atoms with E-state index < -0.39 is 0 Å². The lowest BCUT2D eigenvalue weighted by Crippen LogP contribution is -2.25. The van der Waals surface area contributed by atoms with Crippen molar-refractivity contribution in [3.05, 3.63) is 64.1 Å². The average Bonchev–Trinajstić information content (AvgIpc) is 2.56. The minimum atomic E-state index is -0.166. The maximum atomic E-state index is 11.8. The Morgan fingerprint density at radius 1 is 0.917 bits per heavy atom. The second kappa shape index (κ2) is 9.57. The Morgan fingerprint density at radius 2 is 1.58 bits per heavy atom. The molecular weight excluding hydrogens is 367 g/mol. The van der Waals surface area contributed by atoms with Crippen LogP contribution in [0.25, 0.3) is 0 Å². The zero-order valence-electron chi connectivity index (χ0n) is 12.7. The molecule has 0 heterocycles. The lowest BCUT2D eigenvalue weighted by atomic mass is 10.2. The topological polar surface area (TPSA) is 58.2 Å². The fourth-order valence-corrected chi connectivity index (χ4v) is 2.83. The van der Waals surface area contributed by atoms with Crippen molar-refractivity contribution >= 4 is 52.5 Å². The van der Waals surface area contributed by atoms with Gasteiger partial charge in [0.05, 0.1) is 11.5 Å². The first-order valence-corrected chi connectivity index (χ1v) is 9.09. The number of rotatable bonds is 7. The third-order valence-electron chi connectivity index (χ3n) is 3.03. The first kappa shape index (κ1) is 18.6. The van der Waals surface area contributed by atoms with Crippen molar-refractivity contribution in [2.45, 2.75) is 6.54 Å². The molecule has 2 rings (SSSR count). The molecule has 0 saturated heterocycles. The first-order chi connectivity index (χ1) is 11.5. The summed E-state index contributed by atoms with van der Waals surface area (Å²) in [5.41, 5.74) is 1.53. The Bertz CT molecular complexity index is 708. The number of hydrogen-bond donors (Lipinski definition) is 2. The highest BCUT2D eigenvalue weighted by molar-refractivity contribution is 8.00. The van der Waals surface area contributed by atoms with E-state index >= 15 is 0 Å². The van der Waals surface area contributed by atoms with E-state index in [9.17, 15) is 9.59 Å². The predicted molar refractivity (Wildman–Crippen MR) is 101 cm³/mol. The van der Waals surface area contributed by atoms with Crippen LogP contribution >= 0.6 is 35.0 Å². The Kier molecular flexibility index (Phi) is 7.43. The van der Waals surface area contributed by atoms with E-state index in [2.05, 4.69) is 10.6 Å². The first-order valence-electron chi connectivity index (χ1n) is 7.18. The Balaban J connectivity index is 1.66. The molecule has 2 aromatic carbocycles. The van der Waals surface area contributed by atoms with Crippen molar-refractivity contribution in [3.63, 3.8) is 0 Å². The number of amides is 2. The van der Waals surface area contributed by atoms with E-state index in [1.54, 1.807) is 30.3 Å². The van der Waals surface area contributed by atoms with E-state index in [0.717, 1.165) is 5.56 Å². The van der Waals surface area contributed by atoms with Crippen LogP contribution in [0.1, 0.15) is 5.56 Å². The Morgan fingerprint density at radius 3 is 2.29 bits per heavy atom. The van der Waals surface area contributed by atoms with E-state index in [-0.39, 0.29) is 23.3 Å². The number of thioether (sulfide) groups is 1. The number of hydrogen-bond acceptors (Lipinski definition) is 3.